The van der Waals surface area contributed by atoms with Crippen molar-refractivity contribution in [1.29, 1.82) is 0 Å². The highest BCUT2D eigenvalue weighted by atomic mass is 31.1. The van der Waals surface area contributed by atoms with Crippen LogP contribution in [0.4, 0.5) is 5.69 Å². The smallest absolute Gasteiger partial charge is 0.0452 e. The minimum Gasteiger partial charge on any atom is -0.371 e. The van der Waals surface area contributed by atoms with Gasteiger partial charge in [0.25, 0.3) is 0 Å². The molecule has 0 amide bonds. The van der Waals surface area contributed by atoms with Crippen molar-refractivity contribution in [2.45, 2.75) is 79.1 Å². The lowest BCUT2D eigenvalue weighted by Crippen LogP contribution is -2.26. The summed E-state index contributed by atoms with van der Waals surface area (Å²) in [7, 11) is -0.213. The van der Waals surface area contributed by atoms with Gasteiger partial charge in [-0.2, -0.15) is 0 Å². The number of benzene rings is 4. The van der Waals surface area contributed by atoms with Crippen molar-refractivity contribution in [3.05, 3.63) is 72.8 Å². The maximum atomic E-state index is 2.71. The van der Waals surface area contributed by atoms with Crippen LogP contribution in [0.2, 0.25) is 0 Å². The van der Waals surface area contributed by atoms with Crippen LogP contribution in [-0.4, -0.2) is 25.4 Å². The first-order valence-electron chi connectivity index (χ1n) is 15.3. The molecule has 0 aliphatic carbocycles. The molecule has 0 radical (unpaired) electrons. The van der Waals surface area contributed by atoms with E-state index in [1.807, 2.05) is 0 Å². The fraction of sp³-hybridized carbons (Fsp3) is 0.444. The third-order valence-corrected chi connectivity index (χ3v) is 10.6. The molecule has 0 heterocycles. The SMILES string of the molecule is CCCCN(CCCC)c1ccc2ccccc2c1-c1c(P(CCCC)CCCC)ccc2ccccc12. The fourth-order valence-electron chi connectivity index (χ4n) is 5.67. The molecule has 4 aromatic rings. The molecule has 202 valence electrons. The lowest BCUT2D eigenvalue weighted by molar-refractivity contribution is 0.679. The topological polar surface area (TPSA) is 3.24 Å². The molecule has 0 saturated heterocycles. The standard InChI is InChI=1S/C36H48NP/c1-5-9-25-37(26-10-6-2)33-23-21-29-17-13-15-19-31(29)35(33)36-32-20-16-14-18-30(32)22-24-34(36)38(27-11-7-3)28-12-8-4/h13-24H,5-12,25-28H2,1-4H3. The monoisotopic (exact) mass is 525 g/mol. The minimum absolute atomic E-state index is 0.213. The number of hydrogen-bond acceptors (Lipinski definition) is 1. The highest BCUT2D eigenvalue weighted by Gasteiger charge is 2.23. The highest BCUT2D eigenvalue weighted by Crippen LogP contribution is 2.47. The Morgan fingerprint density at radius 2 is 1.03 bits per heavy atom. The van der Waals surface area contributed by atoms with Crippen LogP contribution < -0.4 is 10.2 Å². The van der Waals surface area contributed by atoms with Crippen LogP contribution in [0.5, 0.6) is 0 Å². The molecular weight excluding hydrogens is 477 g/mol. The first-order valence-corrected chi connectivity index (χ1v) is 17.0. The number of unbranched alkanes of at least 4 members (excludes halogenated alkanes) is 4. The second-order valence-electron chi connectivity index (χ2n) is 10.7. The van der Waals surface area contributed by atoms with Crippen LogP contribution in [0.1, 0.15) is 79.1 Å². The molecule has 4 rings (SSSR count). The summed E-state index contributed by atoms with van der Waals surface area (Å²) in [5, 5.41) is 7.17. The summed E-state index contributed by atoms with van der Waals surface area (Å²) in [4.78, 5) is 2.71. The zero-order valence-corrected chi connectivity index (χ0v) is 25.2. The Morgan fingerprint density at radius 3 is 1.58 bits per heavy atom. The molecule has 0 saturated carbocycles. The maximum Gasteiger partial charge on any atom is 0.0452 e. The third-order valence-electron chi connectivity index (χ3n) is 7.87. The van der Waals surface area contributed by atoms with Crippen molar-refractivity contribution in [2.24, 2.45) is 0 Å². The summed E-state index contributed by atoms with van der Waals surface area (Å²) in [5.41, 5.74) is 4.43. The van der Waals surface area contributed by atoms with Crippen molar-refractivity contribution < 1.29 is 0 Å². The van der Waals surface area contributed by atoms with Crippen LogP contribution in [0, 0.1) is 0 Å². The van der Waals surface area contributed by atoms with Crippen molar-refractivity contribution in [2.75, 3.05) is 30.3 Å². The van der Waals surface area contributed by atoms with E-state index < -0.39 is 0 Å². The maximum absolute atomic E-state index is 2.71. The van der Waals surface area contributed by atoms with Gasteiger partial charge in [-0.15, -0.1) is 0 Å². The van der Waals surface area contributed by atoms with Crippen LogP contribution in [0.3, 0.4) is 0 Å². The molecule has 0 aliphatic rings. The number of anilines is 1. The van der Waals surface area contributed by atoms with Gasteiger partial charge < -0.3 is 4.90 Å². The van der Waals surface area contributed by atoms with Crippen molar-refractivity contribution in [3.8, 4) is 11.1 Å². The molecule has 0 aliphatic heterocycles. The lowest BCUT2D eigenvalue weighted by atomic mass is 9.91. The Hall–Kier alpha value is -2.37. The van der Waals surface area contributed by atoms with Crippen LogP contribution >= 0.6 is 7.92 Å². The average molecular weight is 526 g/mol. The second-order valence-corrected chi connectivity index (χ2v) is 13.2. The largest absolute Gasteiger partial charge is 0.371 e. The number of fused-ring (bicyclic) bond motifs is 2. The van der Waals surface area contributed by atoms with Crippen LogP contribution in [-0.2, 0) is 0 Å². The van der Waals surface area contributed by atoms with Gasteiger partial charge in [0.05, 0.1) is 0 Å². The van der Waals surface area contributed by atoms with E-state index in [1.165, 1.54) is 102 Å². The molecule has 0 atom stereocenters. The molecule has 0 unspecified atom stereocenters. The minimum atomic E-state index is -0.213. The molecule has 0 aromatic heterocycles. The molecule has 2 heteroatoms. The Bertz CT molecular complexity index is 1180. The summed E-state index contributed by atoms with van der Waals surface area (Å²) >= 11 is 0. The number of nitrogens with zero attached hydrogens (tertiary/aromatic N) is 1. The van der Waals surface area contributed by atoms with Crippen molar-refractivity contribution >= 4 is 40.5 Å². The van der Waals surface area contributed by atoms with Gasteiger partial charge >= 0.3 is 0 Å². The highest BCUT2D eigenvalue weighted by molar-refractivity contribution is 7.66. The first kappa shape index (κ1) is 28.6. The molecule has 0 spiro atoms. The van der Waals surface area contributed by atoms with Crippen molar-refractivity contribution in [3.63, 3.8) is 0 Å². The molecule has 0 N–H and O–H groups in total. The van der Waals surface area contributed by atoms with Crippen LogP contribution in [0.15, 0.2) is 72.8 Å². The van der Waals surface area contributed by atoms with Gasteiger partial charge in [0.15, 0.2) is 0 Å². The summed E-state index contributed by atoms with van der Waals surface area (Å²) in [6, 6.07) is 27.9. The summed E-state index contributed by atoms with van der Waals surface area (Å²) in [5.74, 6) is 0. The summed E-state index contributed by atoms with van der Waals surface area (Å²) in [6.07, 6.45) is 12.8. The lowest BCUT2D eigenvalue weighted by Gasteiger charge is -2.31. The van der Waals surface area contributed by atoms with Gasteiger partial charge in [0.2, 0.25) is 0 Å². The van der Waals surface area contributed by atoms with Gasteiger partial charge in [-0.1, -0.05) is 128 Å². The number of rotatable bonds is 15. The first-order chi connectivity index (χ1) is 18.7. The molecular formula is C36H48NP. The van der Waals surface area contributed by atoms with E-state index >= 15 is 0 Å². The fourth-order valence-corrected chi connectivity index (χ4v) is 8.61. The quantitative estimate of drug-likeness (QED) is 0.140. The molecule has 0 fully saturated rings. The van der Waals surface area contributed by atoms with E-state index in [4.69, 9.17) is 0 Å². The second kappa shape index (κ2) is 14.7. The zero-order valence-electron chi connectivity index (χ0n) is 24.3. The summed E-state index contributed by atoms with van der Waals surface area (Å²) in [6.45, 7) is 11.6. The van der Waals surface area contributed by atoms with E-state index in [9.17, 15) is 0 Å². The van der Waals surface area contributed by atoms with Gasteiger partial charge in [-0.25, -0.2) is 0 Å². The predicted molar refractivity (Wildman–Crippen MR) is 175 cm³/mol. The zero-order chi connectivity index (χ0) is 26.7. The Kier molecular flexibility index (Phi) is 11.1. The van der Waals surface area contributed by atoms with E-state index in [0.717, 1.165) is 13.1 Å². The van der Waals surface area contributed by atoms with E-state index in [2.05, 4.69) is 105 Å². The van der Waals surface area contributed by atoms with Gasteiger partial charge in [-0.3, -0.25) is 0 Å². The Morgan fingerprint density at radius 1 is 0.526 bits per heavy atom. The van der Waals surface area contributed by atoms with Crippen LogP contribution in [0.25, 0.3) is 32.7 Å². The predicted octanol–water partition coefficient (Wildman–Crippen LogP) is 10.8. The Labute approximate surface area is 233 Å². The van der Waals surface area contributed by atoms with Gasteiger partial charge in [0.1, 0.15) is 0 Å². The van der Waals surface area contributed by atoms with E-state index in [0.29, 0.717) is 0 Å². The number of hydrogen-bond donors (Lipinski definition) is 0. The van der Waals surface area contributed by atoms with Gasteiger partial charge in [0, 0.05) is 24.3 Å². The molecule has 1 nitrogen and oxygen atoms in total. The Balaban J connectivity index is 2.05. The average Bonchev–Trinajstić information content (AvgIpc) is 2.96. The van der Waals surface area contributed by atoms with E-state index in [-0.39, 0.29) is 7.92 Å². The molecule has 38 heavy (non-hydrogen) atoms. The molecule has 4 aromatic carbocycles. The summed E-state index contributed by atoms with van der Waals surface area (Å²) < 4.78 is 0. The van der Waals surface area contributed by atoms with Gasteiger partial charge in [-0.05, 0) is 76.5 Å². The van der Waals surface area contributed by atoms with E-state index in [1.54, 1.807) is 5.30 Å². The third kappa shape index (κ3) is 6.60. The normalized spacial score (nSPS) is 11.6. The van der Waals surface area contributed by atoms with Crippen molar-refractivity contribution in [1.82, 2.24) is 0 Å². The molecule has 0 bridgehead atoms.